The van der Waals surface area contributed by atoms with E-state index in [1.54, 1.807) is 0 Å². The van der Waals surface area contributed by atoms with E-state index in [4.69, 9.17) is 5.41 Å². The van der Waals surface area contributed by atoms with Gasteiger partial charge in [-0.3, -0.25) is 9.59 Å². The topological polar surface area (TPSA) is 58.0 Å². The SMILES string of the molecule is C[C@]12C=C(F)C(=O)C(=N)C1CC[C@@H]1[C@@H]2CC[C@]2(C)C(=O)CC[C@@H]12. The molecular weight excluding hydrogens is 293 g/mol. The summed E-state index contributed by atoms with van der Waals surface area (Å²) in [6.07, 6.45) is 6.67. The lowest BCUT2D eigenvalue weighted by molar-refractivity contribution is -0.133. The van der Waals surface area contributed by atoms with Crippen molar-refractivity contribution in [2.45, 2.75) is 52.4 Å². The first-order valence-electron chi connectivity index (χ1n) is 8.84. The number of allylic oxidation sites excluding steroid dienone is 2. The van der Waals surface area contributed by atoms with Crippen LogP contribution in [0.3, 0.4) is 0 Å². The molecule has 0 bridgehead atoms. The first kappa shape index (κ1) is 15.2. The first-order chi connectivity index (χ1) is 10.8. The standard InChI is InChI=1S/C19H24FNO2/c1-18-8-7-12-10(11(18)5-6-15(18)22)3-4-13-16(21)17(23)14(20)9-19(12,13)2/h9-13,21H,3-8H2,1-2H3/t10-,11-,12-,13?,18-,19+/m0/s1. The van der Waals surface area contributed by atoms with Crippen LogP contribution in [0.4, 0.5) is 4.39 Å². The van der Waals surface area contributed by atoms with Crippen molar-refractivity contribution in [3.63, 3.8) is 0 Å². The summed E-state index contributed by atoms with van der Waals surface area (Å²) < 4.78 is 14.1. The highest BCUT2D eigenvalue weighted by Crippen LogP contribution is 2.64. The number of fused-ring (bicyclic) bond motifs is 5. The summed E-state index contributed by atoms with van der Waals surface area (Å²) in [5.41, 5.74) is -0.669. The molecule has 0 radical (unpaired) electrons. The fraction of sp³-hybridized carbons (Fsp3) is 0.737. The van der Waals surface area contributed by atoms with Crippen molar-refractivity contribution in [3.05, 3.63) is 11.9 Å². The Kier molecular flexibility index (Phi) is 3.05. The van der Waals surface area contributed by atoms with E-state index in [0.29, 0.717) is 24.0 Å². The Hall–Kier alpha value is -1.32. The van der Waals surface area contributed by atoms with Crippen LogP contribution in [0, 0.1) is 39.9 Å². The van der Waals surface area contributed by atoms with Crippen molar-refractivity contribution >= 4 is 17.3 Å². The molecule has 3 fully saturated rings. The largest absolute Gasteiger partial charge is 0.301 e. The van der Waals surface area contributed by atoms with E-state index in [1.165, 1.54) is 6.08 Å². The van der Waals surface area contributed by atoms with Gasteiger partial charge in [0.15, 0.2) is 5.83 Å². The van der Waals surface area contributed by atoms with E-state index in [2.05, 4.69) is 6.92 Å². The maximum atomic E-state index is 14.1. The smallest absolute Gasteiger partial charge is 0.234 e. The minimum absolute atomic E-state index is 0.0400. The van der Waals surface area contributed by atoms with Crippen molar-refractivity contribution in [1.29, 1.82) is 5.41 Å². The number of carbonyl (C=O) groups excluding carboxylic acids is 2. The summed E-state index contributed by atoms with van der Waals surface area (Å²) in [4.78, 5) is 24.2. The summed E-state index contributed by atoms with van der Waals surface area (Å²) in [6.45, 7) is 4.16. The molecule has 3 saturated carbocycles. The van der Waals surface area contributed by atoms with Gasteiger partial charge < -0.3 is 5.41 Å². The van der Waals surface area contributed by atoms with Crippen LogP contribution >= 0.6 is 0 Å². The molecule has 124 valence electrons. The van der Waals surface area contributed by atoms with E-state index in [-0.39, 0.29) is 23.0 Å². The van der Waals surface area contributed by atoms with E-state index in [1.807, 2.05) is 6.92 Å². The van der Waals surface area contributed by atoms with Gasteiger partial charge in [0, 0.05) is 23.2 Å². The third kappa shape index (κ3) is 1.78. The number of nitrogens with one attached hydrogen (secondary N) is 1. The molecule has 0 aromatic rings. The van der Waals surface area contributed by atoms with Crippen LogP contribution in [-0.4, -0.2) is 17.3 Å². The highest BCUT2D eigenvalue weighted by atomic mass is 19.1. The highest BCUT2D eigenvalue weighted by Gasteiger charge is 2.61. The second kappa shape index (κ2) is 4.61. The normalized spacial score (nSPS) is 49.3. The molecule has 0 aliphatic heterocycles. The van der Waals surface area contributed by atoms with Crippen LogP contribution in [0.1, 0.15) is 52.4 Å². The van der Waals surface area contributed by atoms with Gasteiger partial charge in [-0.2, -0.15) is 0 Å². The molecule has 4 aliphatic carbocycles. The minimum Gasteiger partial charge on any atom is -0.301 e. The average molecular weight is 317 g/mol. The van der Waals surface area contributed by atoms with Crippen molar-refractivity contribution in [2.24, 2.45) is 34.5 Å². The van der Waals surface area contributed by atoms with Gasteiger partial charge in [-0.05, 0) is 55.9 Å². The molecule has 1 N–H and O–H groups in total. The van der Waals surface area contributed by atoms with Crippen molar-refractivity contribution < 1.29 is 14.0 Å². The van der Waals surface area contributed by atoms with Gasteiger partial charge in [0.1, 0.15) is 5.78 Å². The molecule has 23 heavy (non-hydrogen) atoms. The number of carbonyl (C=O) groups is 2. The molecule has 0 saturated heterocycles. The van der Waals surface area contributed by atoms with Gasteiger partial charge in [-0.25, -0.2) is 4.39 Å². The maximum absolute atomic E-state index is 14.1. The summed E-state index contributed by atoms with van der Waals surface area (Å²) in [5.74, 6) is -0.114. The van der Waals surface area contributed by atoms with Crippen molar-refractivity contribution in [3.8, 4) is 0 Å². The number of rotatable bonds is 0. The molecule has 4 rings (SSSR count). The molecule has 3 nitrogen and oxygen atoms in total. The van der Waals surface area contributed by atoms with Gasteiger partial charge in [-0.15, -0.1) is 0 Å². The number of ketones is 2. The van der Waals surface area contributed by atoms with Crippen LogP contribution in [0.5, 0.6) is 0 Å². The zero-order chi connectivity index (χ0) is 16.6. The molecule has 0 aromatic heterocycles. The fourth-order valence-corrected chi connectivity index (χ4v) is 6.45. The van der Waals surface area contributed by atoms with E-state index < -0.39 is 17.0 Å². The van der Waals surface area contributed by atoms with E-state index in [0.717, 1.165) is 32.1 Å². The van der Waals surface area contributed by atoms with Crippen LogP contribution in [-0.2, 0) is 9.59 Å². The van der Waals surface area contributed by atoms with Gasteiger partial charge in [0.05, 0.1) is 5.71 Å². The molecular formula is C19H24FNO2. The lowest BCUT2D eigenvalue weighted by atomic mass is 9.46. The van der Waals surface area contributed by atoms with E-state index in [9.17, 15) is 14.0 Å². The number of hydrogen-bond donors (Lipinski definition) is 1. The Morgan fingerprint density at radius 3 is 2.61 bits per heavy atom. The molecule has 0 spiro atoms. The van der Waals surface area contributed by atoms with Gasteiger partial charge in [0.25, 0.3) is 0 Å². The molecule has 0 heterocycles. The zero-order valence-electron chi connectivity index (χ0n) is 13.8. The summed E-state index contributed by atoms with van der Waals surface area (Å²) in [5, 5.41) is 8.11. The van der Waals surface area contributed by atoms with Crippen LogP contribution in [0.25, 0.3) is 0 Å². The van der Waals surface area contributed by atoms with Crippen molar-refractivity contribution in [2.75, 3.05) is 0 Å². The predicted octanol–water partition coefficient (Wildman–Crippen LogP) is 3.87. The number of Topliss-reactive ketones (excluding diaryl/α,β-unsaturated/α-hetero) is 2. The lowest BCUT2D eigenvalue weighted by Crippen LogP contribution is -2.55. The van der Waals surface area contributed by atoms with Crippen molar-refractivity contribution in [1.82, 2.24) is 0 Å². The molecule has 1 unspecified atom stereocenters. The molecule has 4 heteroatoms. The highest BCUT2D eigenvalue weighted by molar-refractivity contribution is 6.45. The lowest BCUT2D eigenvalue weighted by Gasteiger charge is -2.57. The van der Waals surface area contributed by atoms with Crippen LogP contribution < -0.4 is 0 Å². The third-order valence-corrected chi connectivity index (χ3v) is 7.73. The molecule has 0 aromatic carbocycles. The zero-order valence-corrected chi connectivity index (χ0v) is 13.8. The second-order valence-electron chi connectivity index (χ2n) is 8.53. The average Bonchev–Trinajstić information content (AvgIpc) is 2.80. The van der Waals surface area contributed by atoms with E-state index >= 15 is 0 Å². The number of halogens is 1. The number of hydrogen-bond acceptors (Lipinski definition) is 3. The summed E-state index contributed by atoms with van der Waals surface area (Å²) >= 11 is 0. The Labute approximate surface area is 136 Å². The Morgan fingerprint density at radius 1 is 1.13 bits per heavy atom. The Morgan fingerprint density at radius 2 is 1.87 bits per heavy atom. The third-order valence-electron chi connectivity index (χ3n) is 7.73. The minimum atomic E-state index is -0.745. The summed E-state index contributed by atoms with van der Waals surface area (Å²) in [7, 11) is 0. The molecule has 0 amide bonds. The van der Waals surface area contributed by atoms with Crippen LogP contribution in [0.2, 0.25) is 0 Å². The summed E-state index contributed by atoms with van der Waals surface area (Å²) in [6, 6.07) is 0. The first-order valence-corrected chi connectivity index (χ1v) is 8.84. The monoisotopic (exact) mass is 317 g/mol. The van der Waals surface area contributed by atoms with Gasteiger partial charge in [0.2, 0.25) is 5.78 Å². The van der Waals surface area contributed by atoms with Gasteiger partial charge in [-0.1, -0.05) is 13.8 Å². The molecule has 6 atom stereocenters. The van der Waals surface area contributed by atoms with Gasteiger partial charge >= 0.3 is 0 Å². The Balaban J connectivity index is 1.75. The second-order valence-corrected chi connectivity index (χ2v) is 8.53. The quantitative estimate of drug-likeness (QED) is 0.737. The fourth-order valence-electron chi connectivity index (χ4n) is 6.45. The maximum Gasteiger partial charge on any atom is 0.234 e. The Bertz CT molecular complexity index is 654. The van der Waals surface area contributed by atoms with Crippen LogP contribution in [0.15, 0.2) is 11.9 Å². The predicted molar refractivity (Wildman–Crippen MR) is 84.8 cm³/mol. The molecule has 4 aliphatic rings.